The molecule has 0 bridgehead atoms. The molecule has 0 radical (unpaired) electrons. The predicted molar refractivity (Wildman–Crippen MR) is 50.6 cm³/mol. The lowest BCUT2D eigenvalue weighted by Gasteiger charge is -2.29. The molecule has 2 rings (SSSR count). The monoisotopic (exact) mass is 197 g/mol. The molecule has 0 aromatic carbocycles. The smallest absolute Gasteiger partial charge is 0.228 e. The van der Waals surface area contributed by atoms with Gasteiger partial charge in [-0.2, -0.15) is 0 Å². The molecule has 2 amide bonds. The first kappa shape index (κ1) is 9.45. The van der Waals surface area contributed by atoms with Crippen molar-refractivity contribution >= 4 is 11.8 Å². The molecule has 5 nitrogen and oxygen atoms in total. The second-order valence-corrected chi connectivity index (χ2v) is 3.78. The summed E-state index contributed by atoms with van der Waals surface area (Å²) in [5.74, 6) is 0.00364. The van der Waals surface area contributed by atoms with Crippen LogP contribution in [0.2, 0.25) is 0 Å². The Balaban J connectivity index is 1.90. The first-order valence-corrected chi connectivity index (χ1v) is 5.03. The van der Waals surface area contributed by atoms with Gasteiger partial charge < -0.3 is 15.5 Å². The van der Waals surface area contributed by atoms with E-state index >= 15 is 0 Å². The summed E-state index contributed by atoms with van der Waals surface area (Å²) in [5.41, 5.74) is 0. The van der Waals surface area contributed by atoms with Gasteiger partial charge in [-0.3, -0.25) is 9.59 Å². The number of hydrogen-bond acceptors (Lipinski definition) is 3. The van der Waals surface area contributed by atoms with E-state index in [4.69, 9.17) is 0 Å². The van der Waals surface area contributed by atoms with E-state index in [2.05, 4.69) is 10.6 Å². The van der Waals surface area contributed by atoms with E-state index in [1.165, 1.54) is 0 Å². The molecular formula is C9H15N3O2. The van der Waals surface area contributed by atoms with Crippen LogP contribution in [0.4, 0.5) is 0 Å². The number of nitrogens with zero attached hydrogens (tertiary/aromatic N) is 1. The summed E-state index contributed by atoms with van der Waals surface area (Å²) in [6.07, 6.45) is 0.364. The van der Waals surface area contributed by atoms with Crippen LogP contribution in [0.15, 0.2) is 0 Å². The zero-order chi connectivity index (χ0) is 9.97. The van der Waals surface area contributed by atoms with E-state index < -0.39 is 0 Å². The molecule has 2 saturated heterocycles. The fourth-order valence-corrected chi connectivity index (χ4v) is 1.92. The average Bonchev–Trinajstić information content (AvgIpc) is 2.65. The van der Waals surface area contributed by atoms with Gasteiger partial charge in [0, 0.05) is 39.1 Å². The molecule has 2 N–H and O–H groups in total. The number of nitrogens with one attached hydrogen (secondary N) is 2. The normalized spacial score (nSPS) is 27.6. The van der Waals surface area contributed by atoms with E-state index in [0.29, 0.717) is 13.0 Å². The van der Waals surface area contributed by atoms with Crippen molar-refractivity contribution in [3.8, 4) is 0 Å². The minimum atomic E-state index is -0.124. The average molecular weight is 197 g/mol. The minimum Gasteiger partial charge on any atom is -0.355 e. The molecule has 14 heavy (non-hydrogen) atoms. The lowest BCUT2D eigenvalue weighted by molar-refractivity contribution is -0.136. The van der Waals surface area contributed by atoms with Crippen LogP contribution in [0.5, 0.6) is 0 Å². The third-order valence-corrected chi connectivity index (χ3v) is 2.76. The van der Waals surface area contributed by atoms with Crippen molar-refractivity contribution in [3.05, 3.63) is 0 Å². The van der Waals surface area contributed by atoms with Gasteiger partial charge in [-0.1, -0.05) is 0 Å². The van der Waals surface area contributed by atoms with Crippen LogP contribution >= 0.6 is 0 Å². The van der Waals surface area contributed by atoms with Gasteiger partial charge in [0.25, 0.3) is 0 Å². The molecule has 1 unspecified atom stereocenters. The highest BCUT2D eigenvalue weighted by atomic mass is 16.2. The summed E-state index contributed by atoms with van der Waals surface area (Å²) in [4.78, 5) is 24.6. The van der Waals surface area contributed by atoms with Gasteiger partial charge in [0.2, 0.25) is 11.8 Å². The van der Waals surface area contributed by atoms with Crippen molar-refractivity contribution in [1.82, 2.24) is 15.5 Å². The van der Waals surface area contributed by atoms with Gasteiger partial charge in [0.05, 0.1) is 5.92 Å². The summed E-state index contributed by atoms with van der Waals surface area (Å²) in [5, 5.41) is 5.88. The third-order valence-electron chi connectivity index (χ3n) is 2.76. The molecule has 5 heteroatoms. The molecule has 2 fully saturated rings. The van der Waals surface area contributed by atoms with Crippen molar-refractivity contribution in [2.24, 2.45) is 5.92 Å². The molecular weight excluding hydrogens is 182 g/mol. The Hall–Kier alpha value is -1.10. The Morgan fingerprint density at radius 3 is 2.64 bits per heavy atom. The molecule has 0 aromatic rings. The maximum atomic E-state index is 11.9. The Morgan fingerprint density at radius 2 is 2.07 bits per heavy atom. The van der Waals surface area contributed by atoms with Gasteiger partial charge in [-0.05, 0) is 0 Å². The van der Waals surface area contributed by atoms with Crippen LogP contribution in [-0.2, 0) is 9.59 Å². The number of amides is 2. The van der Waals surface area contributed by atoms with Crippen molar-refractivity contribution in [2.45, 2.75) is 6.42 Å². The molecule has 2 heterocycles. The zero-order valence-corrected chi connectivity index (χ0v) is 8.08. The van der Waals surface area contributed by atoms with Gasteiger partial charge >= 0.3 is 0 Å². The van der Waals surface area contributed by atoms with E-state index in [0.717, 1.165) is 26.2 Å². The van der Waals surface area contributed by atoms with E-state index in [1.54, 1.807) is 0 Å². The fraction of sp³-hybridized carbons (Fsp3) is 0.778. The summed E-state index contributed by atoms with van der Waals surface area (Å²) < 4.78 is 0. The van der Waals surface area contributed by atoms with Crippen LogP contribution in [-0.4, -0.2) is 49.4 Å². The highest BCUT2D eigenvalue weighted by molar-refractivity contribution is 5.89. The van der Waals surface area contributed by atoms with Crippen LogP contribution in [0.3, 0.4) is 0 Å². The third kappa shape index (κ3) is 1.87. The van der Waals surface area contributed by atoms with Crippen LogP contribution in [0.1, 0.15) is 6.42 Å². The number of piperazine rings is 1. The molecule has 2 aliphatic rings. The van der Waals surface area contributed by atoms with Crippen molar-refractivity contribution in [1.29, 1.82) is 0 Å². The molecule has 78 valence electrons. The molecule has 0 aliphatic carbocycles. The predicted octanol–water partition coefficient (Wildman–Crippen LogP) is -1.45. The molecule has 0 aromatic heterocycles. The van der Waals surface area contributed by atoms with Crippen LogP contribution in [0.25, 0.3) is 0 Å². The lowest BCUT2D eigenvalue weighted by atomic mass is 10.1. The van der Waals surface area contributed by atoms with Crippen molar-refractivity contribution in [3.63, 3.8) is 0 Å². The highest BCUT2D eigenvalue weighted by Gasteiger charge is 2.31. The molecule has 2 aliphatic heterocycles. The first-order valence-electron chi connectivity index (χ1n) is 5.03. The van der Waals surface area contributed by atoms with Crippen LogP contribution < -0.4 is 10.6 Å². The topological polar surface area (TPSA) is 61.4 Å². The number of carbonyl (C=O) groups is 2. The lowest BCUT2D eigenvalue weighted by Crippen LogP contribution is -2.48. The summed E-state index contributed by atoms with van der Waals surface area (Å²) in [7, 11) is 0. The van der Waals surface area contributed by atoms with Crippen molar-refractivity contribution in [2.75, 3.05) is 32.7 Å². The fourth-order valence-electron chi connectivity index (χ4n) is 1.92. The maximum Gasteiger partial charge on any atom is 0.228 e. The SMILES string of the molecule is O=C1CC(C(=O)N2CCNCC2)CN1. The van der Waals surface area contributed by atoms with Gasteiger partial charge in [-0.15, -0.1) is 0 Å². The Bertz CT molecular complexity index is 248. The van der Waals surface area contributed by atoms with Gasteiger partial charge in [0.15, 0.2) is 0 Å². The number of carbonyl (C=O) groups excluding carboxylic acids is 2. The summed E-state index contributed by atoms with van der Waals surface area (Å²) >= 11 is 0. The number of hydrogen-bond donors (Lipinski definition) is 2. The van der Waals surface area contributed by atoms with E-state index in [9.17, 15) is 9.59 Å². The van der Waals surface area contributed by atoms with E-state index in [1.807, 2.05) is 4.90 Å². The van der Waals surface area contributed by atoms with Crippen molar-refractivity contribution < 1.29 is 9.59 Å². The summed E-state index contributed by atoms with van der Waals surface area (Å²) in [6, 6.07) is 0. The maximum absolute atomic E-state index is 11.9. The first-order chi connectivity index (χ1) is 6.77. The second kappa shape index (κ2) is 3.96. The Labute approximate surface area is 82.8 Å². The zero-order valence-electron chi connectivity index (χ0n) is 8.08. The van der Waals surface area contributed by atoms with Crippen LogP contribution in [0, 0.1) is 5.92 Å². The molecule has 0 saturated carbocycles. The molecule has 1 atom stereocenters. The Morgan fingerprint density at radius 1 is 1.36 bits per heavy atom. The van der Waals surface area contributed by atoms with Gasteiger partial charge in [0.1, 0.15) is 0 Å². The highest BCUT2D eigenvalue weighted by Crippen LogP contribution is 2.12. The second-order valence-electron chi connectivity index (χ2n) is 3.78. The minimum absolute atomic E-state index is 0.00140. The largest absolute Gasteiger partial charge is 0.355 e. The standard InChI is InChI=1S/C9H15N3O2/c13-8-5-7(6-11-8)9(14)12-3-1-10-2-4-12/h7,10H,1-6H2,(H,11,13). The quantitative estimate of drug-likeness (QED) is 0.541. The number of rotatable bonds is 1. The van der Waals surface area contributed by atoms with Gasteiger partial charge in [-0.25, -0.2) is 0 Å². The molecule has 0 spiro atoms. The summed E-state index contributed by atoms with van der Waals surface area (Å²) in [6.45, 7) is 3.77. The Kier molecular flexibility index (Phi) is 2.67. The van der Waals surface area contributed by atoms with E-state index in [-0.39, 0.29) is 17.7 Å².